The number of hydrogen-bond donors (Lipinski definition) is 1. The fourth-order valence-corrected chi connectivity index (χ4v) is 2.66. The molecule has 22 heavy (non-hydrogen) atoms. The topological polar surface area (TPSA) is 43.8 Å². The van der Waals surface area contributed by atoms with Crippen molar-refractivity contribution in [3.8, 4) is 0 Å². The summed E-state index contributed by atoms with van der Waals surface area (Å²) < 4.78 is 39.3. The van der Waals surface area contributed by atoms with Gasteiger partial charge in [0.15, 0.2) is 0 Å². The molecule has 4 nitrogen and oxygen atoms in total. The second-order valence-corrected chi connectivity index (χ2v) is 5.58. The van der Waals surface area contributed by atoms with Crippen LogP contribution in [0.15, 0.2) is 24.3 Å². The van der Waals surface area contributed by atoms with E-state index in [9.17, 15) is 23.1 Å². The number of carboxylic acid groups (broad SMARTS) is 1. The zero-order valence-electron chi connectivity index (χ0n) is 12.3. The highest BCUT2D eigenvalue weighted by Gasteiger charge is 2.37. The van der Waals surface area contributed by atoms with Gasteiger partial charge in [0.2, 0.25) is 0 Å². The maximum atomic E-state index is 13.1. The molecule has 0 radical (unpaired) electrons. The number of piperazine rings is 1. The first-order chi connectivity index (χ1) is 10.3. The fourth-order valence-electron chi connectivity index (χ4n) is 2.66. The minimum atomic E-state index is -4.55. The summed E-state index contributed by atoms with van der Waals surface area (Å²) in [5.41, 5.74) is -1.03. The molecule has 122 valence electrons. The van der Waals surface area contributed by atoms with Gasteiger partial charge < -0.3 is 10.0 Å². The lowest BCUT2D eigenvalue weighted by atomic mass is 9.93. The lowest BCUT2D eigenvalue weighted by Crippen LogP contribution is -2.46. The summed E-state index contributed by atoms with van der Waals surface area (Å²) in [6.07, 6.45) is -4.55. The molecule has 1 aliphatic heterocycles. The van der Waals surface area contributed by atoms with Crippen LogP contribution in [0.2, 0.25) is 0 Å². The van der Waals surface area contributed by atoms with Crippen LogP contribution < -0.4 is 0 Å². The Balaban J connectivity index is 2.24. The summed E-state index contributed by atoms with van der Waals surface area (Å²) in [5.74, 6) is -2.41. The van der Waals surface area contributed by atoms with Crippen LogP contribution in [0.3, 0.4) is 0 Å². The Hall–Kier alpha value is -1.60. The SMILES string of the molecule is CN1CCN(CC(C(=O)O)c2ccccc2C(F)(F)F)CC1. The van der Waals surface area contributed by atoms with E-state index in [4.69, 9.17) is 0 Å². The molecule has 1 unspecified atom stereocenters. The second-order valence-electron chi connectivity index (χ2n) is 5.58. The molecule has 0 aliphatic carbocycles. The zero-order chi connectivity index (χ0) is 16.3. The predicted octanol–water partition coefficient (Wildman–Crippen LogP) is 2.12. The average molecular weight is 316 g/mol. The van der Waals surface area contributed by atoms with E-state index in [1.807, 2.05) is 11.9 Å². The van der Waals surface area contributed by atoms with Gasteiger partial charge in [-0.3, -0.25) is 9.69 Å². The molecule has 7 heteroatoms. The molecule has 1 aromatic carbocycles. The third-order valence-corrected chi connectivity index (χ3v) is 3.98. The zero-order valence-corrected chi connectivity index (χ0v) is 12.3. The van der Waals surface area contributed by atoms with Crippen molar-refractivity contribution >= 4 is 5.97 Å². The minimum absolute atomic E-state index is 0.0935. The Kier molecular flexibility index (Phi) is 5.08. The molecule has 0 aromatic heterocycles. The van der Waals surface area contributed by atoms with E-state index < -0.39 is 23.6 Å². The number of carboxylic acids is 1. The van der Waals surface area contributed by atoms with Crippen LogP contribution in [-0.4, -0.2) is 60.6 Å². The van der Waals surface area contributed by atoms with Crippen molar-refractivity contribution < 1.29 is 23.1 Å². The molecule has 1 heterocycles. The number of aliphatic carboxylic acids is 1. The lowest BCUT2D eigenvalue weighted by molar-refractivity contribution is -0.142. The molecule has 2 rings (SSSR count). The number of halogens is 3. The fraction of sp³-hybridized carbons (Fsp3) is 0.533. The highest BCUT2D eigenvalue weighted by molar-refractivity contribution is 5.77. The molecule has 0 bridgehead atoms. The summed E-state index contributed by atoms with van der Waals surface area (Å²) in [7, 11) is 1.96. The molecule has 1 fully saturated rings. The summed E-state index contributed by atoms with van der Waals surface area (Å²) in [6, 6.07) is 4.93. The Labute approximate surface area is 127 Å². The molecule has 1 atom stereocenters. The highest BCUT2D eigenvalue weighted by atomic mass is 19.4. The highest BCUT2D eigenvalue weighted by Crippen LogP contribution is 2.35. The first-order valence-corrected chi connectivity index (χ1v) is 7.09. The van der Waals surface area contributed by atoms with E-state index in [0.717, 1.165) is 19.2 Å². The molecule has 0 amide bonds. The van der Waals surface area contributed by atoms with Crippen molar-refractivity contribution in [2.75, 3.05) is 39.8 Å². The van der Waals surface area contributed by atoms with Gasteiger partial charge in [-0.15, -0.1) is 0 Å². The molecule has 0 saturated carbocycles. The lowest BCUT2D eigenvalue weighted by Gasteiger charge is -2.34. The van der Waals surface area contributed by atoms with Gasteiger partial charge in [0.1, 0.15) is 0 Å². The summed E-state index contributed by atoms with van der Waals surface area (Å²) in [5, 5.41) is 9.40. The van der Waals surface area contributed by atoms with Crippen molar-refractivity contribution in [2.24, 2.45) is 0 Å². The van der Waals surface area contributed by atoms with E-state index in [1.54, 1.807) is 0 Å². The molecular formula is C15H19F3N2O2. The monoisotopic (exact) mass is 316 g/mol. The Morgan fingerprint density at radius 3 is 2.36 bits per heavy atom. The van der Waals surface area contributed by atoms with Gasteiger partial charge in [0, 0.05) is 32.7 Å². The molecule has 1 N–H and O–H groups in total. The smallest absolute Gasteiger partial charge is 0.416 e. The van der Waals surface area contributed by atoms with Crippen LogP contribution in [0.5, 0.6) is 0 Å². The molecule has 1 aromatic rings. The summed E-state index contributed by atoms with van der Waals surface area (Å²) >= 11 is 0. The average Bonchev–Trinajstić information content (AvgIpc) is 2.45. The number of alkyl halides is 3. The van der Waals surface area contributed by atoms with Gasteiger partial charge in [-0.1, -0.05) is 18.2 Å². The number of carbonyl (C=O) groups is 1. The van der Waals surface area contributed by atoms with Gasteiger partial charge in [-0.2, -0.15) is 13.2 Å². The maximum Gasteiger partial charge on any atom is 0.416 e. The van der Waals surface area contributed by atoms with Crippen molar-refractivity contribution in [1.29, 1.82) is 0 Å². The Morgan fingerprint density at radius 2 is 1.82 bits per heavy atom. The quantitative estimate of drug-likeness (QED) is 0.924. The van der Waals surface area contributed by atoms with Gasteiger partial charge in [0.25, 0.3) is 0 Å². The number of likely N-dealkylation sites (N-methyl/N-ethyl adjacent to an activating group) is 1. The van der Waals surface area contributed by atoms with E-state index in [1.165, 1.54) is 18.2 Å². The molecular weight excluding hydrogens is 297 g/mol. The van der Waals surface area contributed by atoms with Crippen LogP contribution in [0.25, 0.3) is 0 Å². The number of benzene rings is 1. The van der Waals surface area contributed by atoms with E-state index in [0.29, 0.717) is 13.1 Å². The van der Waals surface area contributed by atoms with E-state index in [2.05, 4.69) is 4.90 Å². The second kappa shape index (κ2) is 6.66. The van der Waals surface area contributed by atoms with Crippen molar-refractivity contribution in [1.82, 2.24) is 9.80 Å². The van der Waals surface area contributed by atoms with Crippen molar-refractivity contribution in [3.63, 3.8) is 0 Å². The molecule has 1 aliphatic rings. The summed E-state index contributed by atoms with van der Waals surface area (Å²) in [6.45, 7) is 2.99. The van der Waals surface area contributed by atoms with Gasteiger partial charge in [-0.25, -0.2) is 0 Å². The van der Waals surface area contributed by atoms with E-state index in [-0.39, 0.29) is 12.1 Å². The number of nitrogens with zero attached hydrogens (tertiary/aromatic N) is 2. The maximum absolute atomic E-state index is 13.1. The van der Waals surface area contributed by atoms with Crippen LogP contribution >= 0.6 is 0 Å². The van der Waals surface area contributed by atoms with Gasteiger partial charge in [-0.05, 0) is 18.7 Å². The van der Waals surface area contributed by atoms with E-state index >= 15 is 0 Å². The number of hydrogen-bond acceptors (Lipinski definition) is 3. The largest absolute Gasteiger partial charge is 0.481 e. The molecule has 1 saturated heterocycles. The van der Waals surface area contributed by atoms with Crippen LogP contribution in [-0.2, 0) is 11.0 Å². The third-order valence-electron chi connectivity index (χ3n) is 3.98. The van der Waals surface area contributed by atoms with Gasteiger partial charge >= 0.3 is 12.1 Å². The first kappa shape index (κ1) is 16.8. The minimum Gasteiger partial charge on any atom is -0.481 e. The predicted molar refractivity (Wildman–Crippen MR) is 75.8 cm³/mol. The van der Waals surface area contributed by atoms with Crippen LogP contribution in [0.1, 0.15) is 17.0 Å². The Morgan fingerprint density at radius 1 is 1.23 bits per heavy atom. The van der Waals surface area contributed by atoms with Crippen molar-refractivity contribution in [2.45, 2.75) is 12.1 Å². The molecule has 0 spiro atoms. The third kappa shape index (κ3) is 3.98. The van der Waals surface area contributed by atoms with Crippen LogP contribution in [0, 0.1) is 0 Å². The summed E-state index contributed by atoms with van der Waals surface area (Å²) in [4.78, 5) is 15.5. The van der Waals surface area contributed by atoms with Crippen molar-refractivity contribution in [3.05, 3.63) is 35.4 Å². The number of rotatable bonds is 4. The standard InChI is InChI=1S/C15H19F3N2O2/c1-19-6-8-20(9-7-19)10-12(14(21)22)11-4-2-3-5-13(11)15(16,17)18/h2-5,12H,6-10H2,1H3,(H,21,22). The Bertz CT molecular complexity index is 526. The normalized spacial score (nSPS) is 19.1. The first-order valence-electron chi connectivity index (χ1n) is 7.09. The van der Waals surface area contributed by atoms with Gasteiger partial charge in [0.05, 0.1) is 11.5 Å². The van der Waals surface area contributed by atoms with Crippen LogP contribution in [0.4, 0.5) is 13.2 Å².